The Morgan fingerprint density at radius 1 is 1.00 bits per heavy atom. The van der Waals surface area contributed by atoms with Crippen LogP contribution in [0.15, 0.2) is 28.7 Å². The maximum absolute atomic E-state index is 5.83. The van der Waals surface area contributed by atoms with Crippen molar-refractivity contribution in [3.8, 4) is 23.0 Å². The van der Waals surface area contributed by atoms with Crippen LogP contribution in [0.3, 0.4) is 0 Å². The van der Waals surface area contributed by atoms with Gasteiger partial charge in [-0.05, 0) is 61.2 Å². The van der Waals surface area contributed by atoms with Gasteiger partial charge in [-0.25, -0.2) is 0 Å². The Kier molecular flexibility index (Phi) is 4.96. The first-order valence-corrected chi connectivity index (χ1v) is 9.75. The molecule has 4 rings (SSSR count). The van der Waals surface area contributed by atoms with Gasteiger partial charge in [-0.15, -0.1) is 0 Å². The van der Waals surface area contributed by atoms with Gasteiger partial charge in [-0.2, -0.15) is 0 Å². The third kappa shape index (κ3) is 3.12. The van der Waals surface area contributed by atoms with Crippen LogP contribution in [0.5, 0.6) is 23.0 Å². The Morgan fingerprint density at radius 2 is 1.69 bits per heavy atom. The molecule has 5 nitrogen and oxygen atoms in total. The molecular weight excluding hydrogens is 398 g/mol. The lowest BCUT2D eigenvalue weighted by Gasteiger charge is -2.29. The summed E-state index contributed by atoms with van der Waals surface area (Å²) in [6.45, 7) is 6.37. The number of benzene rings is 2. The summed E-state index contributed by atoms with van der Waals surface area (Å²) in [6, 6.07) is 8.32. The molecule has 0 spiro atoms. The number of hydrogen-bond acceptors (Lipinski definition) is 5. The van der Waals surface area contributed by atoms with Crippen molar-refractivity contribution in [3.05, 3.63) is 45.4 Å². The summed E-state index contributed by atoms with van der Waals surface area (Å²) in [7, 11) is 0. The van der Waals surface area contributed by atoms with E-state index in [-0.39, 0.29) is 12.8 Å². The van der Waals surface area contributed by atoms with Crippen molar-refractivity contribution in [2.45, 2.75) is 26.3 Å². The van der Waals surface area contributed by atoms with Crippen LogP contribution in [-0.2, 0) is 6.42 Å². The number of nitrogens with one attached hydrogen (secondary N) is 1. The van der Waals surface area contributed by atoms with E-state index in [1.807, 2.05) is 19.9 Å². The summed E-state index contributed by atoms with van der Waals surface area (Å²) in [5.74, 6) is 3.17. The van der Waals surface area contributed by atoms with Gasteiger partial charge in [0.05, 0.1) is 19.3 Å². The SMILES string of the molecule is CCOc1cc2c(cc1OCC)C(c1cc3c(cc1Br)OCO3)NCC2. The van der Waals surface area contributed by atoms with Gasteiger partial charge in [0.15, 0.2) is 23.0 Å². The Balaban J connectivity index is 1.78. The second kappa shape index (κ2) is 7.37. The van der Waals surface area contributed by atoms with Crippen LogP contribution < -0.4 is 24.3 Å². The number of ether oxygens (including phenoxy) is 4. The fourth-order valence-corrected chi connectivity index (χ4v) is 4.08. The Hall–Kier alpha value is -1.92. The summed E-state index contributed by atoms with van der Waals surface area (Å²) >= 11 is 3.69. The summed E-state index contributed by atoms with van der Waals surface area (Å²) in [4.78, 5) is 0. The number of hydrogen-bond donors (Lipinski definition) is 1. The molecule has 2 aliphatic rings. The fourth-order valence-electron chi connectivity index (χ4n) is 3.53. The molecule has 1 unspecified atom stereocenters. The molecule has 1 N–H and O–H groups in total. The van der Waals surface area contributed by atoms with Gasteiger partial charge in [0.25, 0.3) is 0 Å². The Morgan fingerprint density at radius 3 is 2.42 bits per heavy atom. The molecule has 0 saturated heterocycles. The number of fused-ring (bicyclic) bond motifs is 2. The van der Waals surface area contributed by atoms with Gasteiger partial charge in [0.2, 0.25) is 6.79 Å². The maximum atomic E-state index is 5.83. The third-order valence-electron chi connectivity index (χ3n) is 4.66. The molecule has 26 heavy (non-hydrogen) atoms. The zero-order chi connectivity index (χ0) is 18.1. The van der Waals surface area contributed by atoms with E-state index in [1.165, 1.54) is 11.1 Å². The summed E-state index contributed by atoms with van der Waals surface area (Å²) in [6.07, 6.45) is 0.959. The largest absolute Gasteiger partial charge is 0.490 e. The van der Waals surface area contributed by atoms with Crippen molar-refractivity contribution in [2.24, 2.45) is 0 Å². The van der Waals surface area contributed by atoms with Gasteiger partial charge in [0.1, 0.15) is 0 Å². The van der Waals surface area contributed by atoms with Gasteiger partial charge >= 0.3 is 0 Å². The van der Waals surface area contributed by atoms with Gasteiger partial charge in [-0.1, -0.05) is 15.9 Å². The zero-order valence-corrected chi connectivity index (χ0v) is 16.5. The highest BCUT2D eigenvalue weighted by atomic mass is 79.9. The molecule has 138 valence electrons. The smallest absolute Gasteiger partial charge is 0.231 e. The highest BCUT2D eigenvalue weighted by Crippen LogP contribution is 2.43. The van der Waals surface area contributed by atoms with Crippen LogP contribution in [-0.4, -0.2) is 26.6 Å². The normalized spacial score (nSPS) is 17.7. The molecule has 0 fully saturated rings. The van der Waals surface area contributed by atoms with Crippen LogP contribution in [0.1, 0.15) is 36.6 Å². The minimum atomic E-state index is 0.0532. The van der Waals surface area contributed by atoms with Crippen LogP contribution in [0.2, 0.25) is 0 Å². The fraction of sp³-hybridized carbons (Fsp3) is 0.400. The molecule has 0 aliphatic carbocycles. The Bertz CT molecular complexity index is 824. The van der Waals surface area contributed by atoms with Gasteiger partial charge < -0.3 is 24.3 Å². The molecule has 0 saturated carbocycles. The lowest BCUT2D eigenvalue weighted by Crippen LogP contribution is -2.31. The quantitative estimate of drug-likeness (QED) is 0.786. The summed E-state index contributed by atoms with van der Waals surface area (Å²) in [5, 5.41) is 3.62. The highest BCUT2D eigenvalue weighted by molar-refractivity contribution is 9.10. The standard InChI is InChI=1S/C20H22BrNO4/c1-3-23-16-7-12-5-6-22-20(13(12)8-17(16)24-4-2)14-9-18-19(10-15(14)21)26-11-25-18/h7-10,20,22H,3-6,11H2,1-2H3. The minimum Gasteiger partial charge on any atom is -0.490 e. The van der Waals surface area contributed by atoms with Crippen LogP contribution >= 0.6 is 15.9 Å². The lowest BCUT2D eigenvalue weighted by atomic mass is 9.89. The molecule has 0 radical (unpaired) electrons. The zero-order valence-electron chi connectivity index (χ0n) is 14.9. The lowest BCUT2D eigenvalue weighted by molar-refractivity contribution is 0.174. The average molecular weight is 420 g/mol. The first-order valence-electron chi connectivity index (χ1n) is 8.96. The van der Waals surface area contributed by atoms with Crippen molar-refractivity contribution >= 4 is 15.9 Å². The maximum Gasteiger partial charge on any atom is 0.231 e. The number of halogens is 1. The topological polar surface area (TPSA) is 49.0 Å². The van der Waals surface area contributed by atoms with E-state index in [0.29, 0.717) is 13.2 Å². The van der Waals surface area contributed by atoms with E-state index in [1.54, 1.807) is 0 Å². The first-order chi connectivity index (χ1) is 12.7. The van der Waals surface area contributed by atoms with Crippen LogP contribution in [0.4, 0.5) is 0 Å². The highest BCUT2D eigenvalue weighted by Gasteiger charge is 2.28. The minimum absolute atomic E-state index is 0.0532. The summed E-state index contributed by atoms with van der Waals surface area (Å²) < 4.78 is 23.7. The van der Waals surface area contributed by atoms with Crippen LogP contribution in [0.25, 0.3) is 0 Å². The van der Waals surface area contributed by atoms with Crippen molar-refractivity contribution in [1.82, 2.24) is 5.32 Å². The molecule has 0 aromatic heterocycles. The summed E-state index contributed by atoms with van der Waals surface area (Å²) in [5.41, 5.74) is 3.62. The van der Waals surface area contributed by atoms with Crippen molar-refractivity contribution in [3.63, 3.8) is 0 Å². The van der Waals surface area contributed by atoms with E-state index in [9.17, 15) is 0 Å². The molecule has 2 heterocycles. The molecule has 2 aromatic carbocycles. The number of rotatable bonds is 5. The predicted octanol–water partition coefficient (Wildman–Crippen LogP) is 4.21. The molecule has 2 aliphatic heterocycles. The third-order valence-corrected chi connectivity index (χ3v) is 5.35. The van der Waals surface area contributed by atoms with E-state index in [0.717, 1.165) is 46.0 Å². The molecule has 0 bridgehead atoms. The molecule has 6 heteroatoms. The van der Waals surface area contributed by atoms with Crippen molar-refractivity contribution in [2.75, 3.05) is 26.6 Å². The van der Waals surface area contributed by atoms with E-state index in [2.05, 4.69) is 39.4 Å². The van der Waals surface area contributed by atoms with E-state index >= 15 is 0 Å². The second-order valence-corrected chi connectivity index (χ2v) is 7.08. The second-order valence-electron chi connectivity index (χ2n) is 6.23. The monoisotopic (exact) mass is 419 g/mol. The van der Waals surface area contributed by atoms with E-state index < -0.39 is 0 Å². The first kappa shape index (κ1) is 17.5. The Labute approximate surface area is 161 Å². The molecule has 1 atom stereocenters. The molecule has 0 amide bonds. The van der Waals surface area contributed by atoms with Gasteiger partial charge in [-0.3, -0.25) is 0 Å². The van der Waals surface area contributed by atoms with Crippen molar-refractivity contribution < 1.29 is 18.9 Å². The molecular formula is C20H22BrNO4. The predicted molar refractivity (Wildman–Crippen MR) is 103 cm³/mol. The van der Waals surface area contributed by atoms with Crippen LogP contribution in [0, 0.1) is 0 Å². The average Bonchev–Trinajstić information content (AvgIpc) is 3.09. The van der Waals surface area contributed by atoms with Crippen molar-refractivity contribution in [1.29, 1.82) is 0 Å². The van der Waals surface area contributed by atoms with E-state index in [4.69, 9.17) is 18.9 Å². The molecule has 2 aromatic rings. The van der Waals surface area contributed by atoms with Gasteiger partial charge in [0, 0.05) is 11.0 Å².